The Morgan fingerprint density at radius 1 is 1.19 bits per heavy atom. The predicted octanol–water partition coefficient (Wildman–Crippen LogP) is 4.75. The van der Waals surface area contributed by atoms with Gasteiger partial charge in [0.2, 0.25) is 0 Å². The monoisotopic (exact) mass is 522 g/mol. The Hall–Kier alpha value is -0.800. The van der Waals surface area contributed by atoms with E-state index in [1.807, 2.05) is 7.05 Å². The molecule has 0 bridgehead atoms. The molecule has 1 saturated heterocycles. The van der Waals surface area contributed by atoms with Crippen LogP contribution in [0.3, 0.4) is 0 Å². The van der Waals surface area contributed by atoms with Gasteiger partial charge < -0.3 is 9.64 Å². The summed E-state index contributed by atoms with van der Waals surface area (Å²) in [7, 11) is -1.69. The first-order chi connectivity index (χ1) is 12.2. The van der Waals surface area contributed by atoms with Gasteiger partial charge in [0.05, 0.1) is 15.6 Å². The molecule has 1 aliphatic rings. The first kappa shape index (κ1) is 19.9. The molecule has 0 aromatic heterocycles. The van der Waals surface area contributed by atoms with Crippen LogP contribution in [-0.2, 0) is 10.0 Å². The fourth-order valence-electron chi connectivity index (χ4n) is 2.69. The Morgan fingerprint density at radius 2 is 1.96 bits per heavy atom. The largest absolute Gasteiger partial charge is 0.487 e. The lowest BCUT2D eigenvalue weighted by atomic mass is 10.3. The Morgan fingerprint density at radius 3 is 2.62 bits per heavy atom. The summed E-state index contributed by atoms with van der Waals surface area (Å²) in [5.41, 5.74) is 0.398. The molecule has 0 unspecified atom stereocenters. The minimum absolute atomic E-state index is 0.0480. The van der Waals surface area contributed by atoms with Crippen LogP contribution in [0.2, 0.25) is 5.02 Å². The number of hydrogen-bond donors (Lipinski definition) is 1. The van der Waals surface area contributed by atoms with Crippen LogP contribution in [0.5, 0.6) is 5.75 Å². The summed E-state index contributed by atoms with van der Waals surface area (Å²) in [4.78, 5) is 2.33. The van der Waals surface area contributed by atoms with Crippen molar-refractivity contribution in [2.24, 2.45) is 0 Å². The molecule has 0 spiro atoms. The fraction of sp³-hybridized carbons (Fsp3) is 0.294. The number of nitrogens with one attached hydrogen (secondary N) is 1. The molecule has 1 N–H and O–H groups in total. The van der Waals surface area contributed by atoms with E-state index in [9.17, 15) is 8.42 Å². The Bertz CT molecular complexity index is 924. The van der Waals surface area contributed by atoms with Crippen molar-refractivity contribution < 1.29 is 13.2 Å². The van der Waals surface area contributed by atoms with Crippen molar-refractivity contribution in [3.63, 3.8) is 0 Å². The third-order valence-electron chi connectivity index (χ3n) is 4.03. The summed E-state index contributed by atoms with van der Waals surface area (Å²) in [5.74, 6) is 0.476. The van der Waals surface area contributed by atoms with Crippen molar-refractivity contribution in [1.29, 1.82) is 0 Å². The van der Waals surface area contributed by atoms with E-state index in [-0.39, 0.29) is 11.0 Å². The number of ether oxygens (including phenoxy) is 1. The van der Waals surface area contributed by atoms with Crippen molar-refractivity contribution >= 4 is 59.2 Å². The molecular weight excluding hydrogens is 508 g/mol. The summed E-state index contributed by atoms with van der Waals surface area (Å²) in [5, 5.41) is 0.453. The van der Waals surface area contributed by atoms with Gasteiger partial charge in [-0.3, -0.25) is 4.72 Å². The second kappa shape index (κ2) is 8.06. The SMILES string of the molecule is CN1CC[C@@H](Oc2cc(NS(=O)(=O)c3ccc(Br)c(Br)c3)ccc2Cl)C1. The predicted molar refractivity (Wildman–Crippen MR) is 111 cm³/mol. The van der Waals surface area contributed by atoms with E-state index in [0.29, 0.717) is 20.9 Å². The zero-order valence-electron chi connectivity index (χ0n) is 13.9. The summed E-state index contributed by atoms with van der Waals surface area (Å²) in [6.45, 7) is 1.78. The summed E-state index contributed by atoms with van der Waals surface area (Å²) < 4.78 is 35.2. The van der Waals surface area contributed by atoms with E-state index in [1.165, 1.54) is 12.1 Å². The molecule has 0 saturated carbocycles. The maximum atomic E-state index is 12.6. The van der Waals surface area contributed by atoms with E-state index in [2.05, 4.69) is 41.5 Å². The van der Waals surface area contributed by atoms with Crippen LogP contribution >= 0.6 is 43.5 Å². The van der Waals surface area contributed by atoms with Gasteiger partial charge >= 0.3 is 0 Å². The molecule has 140 valence electrons. The van der Waals surface area contributed by atoms with Gasteiger partial charge in [-0.1, -0.05) is 11.6 Å². The van der Waals surface area contributed by atoms with E-state index >= 15 is 0 Å². The second-order valence-corrected chi connectivity index (χ2v) is 9.92. The van der Waals surface area contributed by atoms with Crippen LogP contribution in [-0.4, -0.2) is 39.6 Å². The van der Waals surface area contributed by atoms with Crippen LogP contribution in [0.15, 0.2) is 50.2 Å². The number of nitrogens with zero attached hydrogens (tertiary/aromatic N) is 1. The van der Waals surface area contributed by atoms with Crippen molar-refractivity contribution in [1.82, 2.24) is 4.90 Å². The topological polar surface area (TPSA) is 58.6 Å². The van der Waals surface area contributed by atoms with Crippen molar-refractivity contribution in [2.45, 2.75) is 17.4 Å². The molecule has 0 radical (unpaired) electrons. The van der Waals surface area contributed by atoms with Gasteiger partial charge in [0.1, 0.15) is 11.9 Å². The van der Waals surface area contributed by atoms with E-state index in [1.54, 1.807) is 24.3 Å². The lowest BCUT2D eigenvalue weighted by Gasteiger charge is -2.16. The van der Waals surface area contributed by atoms with Crippen molar-refractivity contribution in [2.75, 3.05) is 24.9 Å². The molecule has 9 heteroatoms. The number of benzene rings is 2. The highest BCUT2D eigenvalue weighted by Gasteiger charge is 2.22. The van der Waals surface area contributed by atoms with Gasteiger partial charge in [0, 0.05) is 28.1 Å². The van der Waals surface area contributed by atoms with Crippen LogP contribution in [0.4, 0.5) is 5.69 Å². The van der Waals surface area contributed by atoms with Crippen LogP contribution in [0.1, 0.15) is 6.42 Å². The van der Waals surface area contributed by atoms with Crippen LogP contribution in [0.25, 0.3) is 0 Å². The molecule has 1 fully saturated rings. The molecule has 2 aromatic rings. The molecule has 0 aliphatic carbocycles. The number of halogens is 3. The Labute approximate surface area is 175 Å². The van der Waals surface area contributed by atoms with Gasteiger partial charge in [-0.05, 0) is 75.7 Å². The van der Waals surface area contributed by atoms with Gasteiger partial charge in [0.15, 0.2) is 0 Å². The van der Waals surface area contributed by atoms with Crippen LogP contribution in [0, 0.1) is 0 Å². The third kappa shape index (κ3) is 4.72. The average Bonchev–Trinajstić information content (AvgIpc) is 2.98. The van der Waals surface area contributed by atoms with Crippen LogP contribution < -0.4 is 9.46 Å². The second-order valence-electron chi connectivity index (χ2n) is 6.12. The van der Waals surface area contributed by atoms with Gasteiger partial charge in [-0.25, -0.2) is 8.42 Å². The minimum Gasteiger partial charge on any atom is -0.487 e. The molecule has 2 aromatic carbocycles. The normalized spacial score (nSPS) is 18.1. The van der Waals surface area contributed by atoms with Gasteiger partial charge in [-0.2, -0.15) is 0 Å². The molecule has 1 heterocycles. The lowest BCUT2D eigenvalue weighted by molar-refractivity contribution is 0.208. The molecule has 0 amide bonds. The number of rotatable bonds is 5. The average molecular weight is 525 g/mol. The summed E-state index contributed by atoms with van der Waals surface area (Å²) >= 11 is 12.9. The zero-order valence-corrected chi connectivity index (χ0v) is 18.6. The first-order valence-electron chi connectivity index (χ1n) is 7.87. The standard InChI is InChI=1S/C17H17Br2ClN2O3S/c1-22-7-6-12(10-22)25-17-8-11(2-5-16(17)20)21-26(23,24)13-3-4-14(18)15(19)9-13/h2-5,8-9,12,21H,6-7,10H2,1H3/t12-/m1/s1. The first-order valence-corrected chi connectivity index (χ1v) is 11.3. The number of anilines is 1. The van der Waals surface area contributed by atoms with Crippen molar-refractivity contribution in [3.8, 4) is 5.75 Å². The molecule has 1 aliphatic heterocycles. The van der Waals surface area contributed by atoms with Gasteiger partial charge in [-0.15, -0.1) is 0 Å². The highest BCUT2D eigenvalue weighted by atomic mass is 79.9. The molecule has 26 heavy (non-hydrogen) atoms. The van der Waals surface area contributed by atoms with E-state index in [4.69, 9.17) is 16.3 Å². The number of sulfonamides is 1. The Balaban J connectivity index is 1.80. The maximum absolute atomic E-state index is 12.6. The lowest BCUT2D eigenvalue weighted by Crippen LogP contribution is -2.21. The maximum Gasteiger partial charge on any atom is 0.261 e. The number of likely N-dealkylation sites (N-methyl/N-ethyl adjacent to an activating group) is 1. The van der Waals surface area contributed by atoms with E-state index < -0.39 is 10.0 Å². The summed E-state index contributed by atoms with van der Waals surface area (Å²) in [6.07, 6.45) is 0.960. The number of likely N-dealkylation sites (tertiary alicyclic amines) is 1. The highest BCUT2D eigenvalue weighted by molar-refractivity contribution is 9.13. The number of hydrogen-bond acceptors (Lipinski definition) is 4. The Kier molecular flexibility index (Phi) is 6.18. The summed E-state index contributed by atoms with van der Waals surface area (Å²) in [6, 6.07) is 9.59. The zero-order chi connectivity index (χ0) is 18.9. The molecule has 5 nitrogen and oxygen atoms in total. The molecule has 1 atom stereocenters. The van der Waals surface area contributed by atoms with Crippen molar-refractivity contribution in [3.05, 3.63) is 50.4 Å². The molecular formula is C17H17Br2ClN2O3S. The quantitative estimate of drug-likeness (QED) is 0.614. The molecule has 3 rings (SSSR count). The highest BCUT2D eigenvalue weighted by Crippen LogP contribution is 2.32. The van der Waals surface area contributed by atoms with Gasteiger partial charge in [0.25, 0.3) is 10.0 Å². The fourth-order valence-corrected chi connectivity index (χ4v) is 4.70. The third-order valence-corrected chi connectivity index (χ3v) is 7.60. The smallest absolute Gasteiger partial charge is 0.261 e. The van der Waals surface area contributed by atoms with E-state index in [0.717, 1.165) is 24.0 Å². The minimum atomic E-state index is -3.73.